The average molecular weight is 614 g/mol. The Morgan fingerprint density at radius 3 is 2.51 bits per heavy atom. The second-order valence-electron chi connectivity index (χ2n) is 10.5. The molecule has 0 saturated carbocycles. The molecule has 2 aliphatic heterocycles. The lowest BCUT2D eigenvalue weighted by Crippen LogP contribution is -2.41. The number of benzene rings is 3. The van der Waals surface area contributed by atoms with Crippen LogP contribution in [0.3, 0.4) is 0 Å². The molecule has 0 radical (unpaired) electrons. The Bertz CT molecular complexity index is 1990. The number of thiazole rings is 1. The lowest BCUT2D eigenvalue weighted by Gasteiger charge is -2.25. The van der Waals surface area contributed by atoms with Gasteiger partial charge in [-0.2, -0.15) is 0 Å². The van der Waals surface area contributed by atoms with Gasteiger partial charge in [0.25, 0.3) is 11.5 Å². The Kier molecular flexibility index (Phi) is 7.54. The highest BCUT2D eigenvalue weighted by Crippen LogP contribution is 2.37. The first kappa shape index (κ1) is 28.6. The fourth-order valence-electron chi connectivity index (χ4n) is 5.47. The number of hydrogen-bond donors (Lipinski definition) is 0. The molecule has 0 fully saturated rings. The third-order valence-corrected chi connectivity index (χ3v) is 8.68. The summed E-state index contributed by atoms with van der Waals surface area (Å²) in [5.41, 5.74) is 3.54. The number of aromatic nitrogens is 1. The van der Waals surface area contributed by atoms with Crippen molar-refractivity contribution in [1.82, 2.24) is 4.57 Å². The molecule has 43 heavy (non-hydrogen) atoms. The first-order valence-corrected chi connectivity index (χ1v) is 14.9. The van der Waals surface area contributed by atoms with Crippen LogP contribution in [0.15, 0.2) is 93.9 Å². The number of amides is 1. The topological polar surface area (TPSA) is 90.2 Å². The number of carbonyl (C=O) groups is 2. The molecule has 3 heterocycles. The number of anilines is 1. The summed E-state index contributed by atoms with van der Waals surface area (Å²) < 4.78 is 12.8. The zero-order valence-corrected chi connectivity index (χ0v) is 25.5. The fourth-order valence-corrected chi connectivity index (χ4v) is 6.73. The number of halogens is 1. The van der Waals surface area contributed by atoms with E-state index in [-0.39, 0.29) is 22.1 Å². The van der Waals surface area contributed by atoms with Crippen LogP contribution in [0.1, 0.15) is 43.5 Å². The van der Waals surface area contributed by atoms with E-state index in [0.717, 1.165) is 16.9 Å². The Labute approximate surface area is 256 Å². The minimum atomic E-state index is -0.830. The molecule has 0 spiro atoms. The van der Waals surface area contributed by atoms with Gasteiger partial charge in [-0.15, -0.1) is 0 Å². The molecule has 0 N–H and O–H groups in total. The molecule has 0 aliphatic carbocycles. The van der Waals surface area contributed by atoms with Gasteiger partial charge in [-0.3, -0.25) is 14.2 Å². The second-order valence-corrected chi connectivity index (χ2v) is 12.0. The van der Waals surface area contributed by atoms with Gasteiger partial charge in [0.05, 0.1) is 48.3 Å². The molecule has 0 bridgehead atoms. The molecule has 0 saturated heterocycles. The van der Waals surface area contributed by atoms with Gasteiger partial charge in [0, 0.05) is 10.6 Å². The quantitative estimate of drug-likeness (QED) is 0.292. The number of rotatable bonds is 6. The number of fused-ring (bicyclic) bond motifs is 2. The molecule has 218 valence electrons. The average Bonchev–Trinajstić information content (AvgIpc) is 3.45. The van der Waals surface area contributed by atoms with Gasteiger partial charge in [0.2, 0.25) is 0 Å². The molecule has 1 amide bonds. The molecule has 8 nitrogen and oxygen atoms in total. The summed E-state index contributed by atoms with van der Waals surface area (Å²) in [5.74, 6) is -0.264. The van der Waals surface area contributed by atoms with E-state index >= 15 is 0 Å². The molecule has 3 aromatic carbocycles. The van der Waals surface area contributed by atoms with E-state index in [2.05, 4.69) is 4.99 Å². The van der Waals surface area contributed by atoms with Crippen molar-refractivity contribution in [3.8, 4) is 5.75 Å². The van der Waals surface area contributed by atoms with Gasteiger partial charge in [0.1, 0.15) is 10.3 Å². The Morgan fingerprint density at radius 1 is 1.05 bits per heavy atom. The standard InChI is InChI=1S/C33H28ClN3O5S/c1-18(2)42-32(40)26-19(3)35-33-37(28(26)21-8-7-9-23(16-21)41-4)31(39)29(43-33)27-24-10-5-6-11-25(24)36(30(27)38)17-20-12-14-22(34)15-13-20/h5-16,18,28H,17H2,1-4H3/b29-27-/t28-/m1/s1. The number of methoxy groups -OCH3 is 1. The highest BCUT2D eigenvalue weighted by atomic mass is 35.5. The highest BCUT2D eigenvalue weighted by molar-refractivity contribution is 7.07. The van der Waals surface area contributed by atoms with E-state index in [1.54, 1.807) is 63.1 Å². The van der Waals surface area contributed by atoms with Gasteiger partial charge in [-0.25, -0.2) is 9.79 Å². The van der Waals surface area contributed by atoms with Crippen molar-refractivity contribution >= 4 is 46.1 Å². The largest absolute Gasteiger partial charge is 0.497 e. The van der Waals surface area contributed by atoms with Crippen molar-refractivity contribution in [2.75, 3.05) is 12.0 Å². The van der Waals surface area contributed by atoms with E-state index in [1.807, 2.05) is 42.5 Å². The molecule has 1 atom stereocenters. The summed E-state index contributed by atoms with van der Waals surface area (Å²) in [6.07, 6.45) is -0.371. The van der Waals surface area contributed by atoms with Gasteiger partial charge in [-0.05, 0) is 62.2 Å². The molecule has 4 aromatic rings. The maximum Gasteiger partial charge on any atom is 0.338 e. The van der Waals surface area contributed by atoms with Crippen LogP contribution >= 0.6 is 22.9 Å². The third-order valence-electron chi connectivity index (χ3n) is 7.37. The fraction of sp³-hybridized carbons (Fsp3) is 0.212. The van der Waals surface area contributed by atoms with Gasteiger partial charge in [-0.1, -0.05) is 65.4 Å². The summed E-state index contributed by atoms with van der Waals surface area (Å²) in [6.45, 7) is 5.58. The first-order chi connectivity index (χ1) is 20.7. The number of esters is 1. The minimum absolute atomic E-state index is 0.258. The third kappa shape index (κ3) is 5.08. The number of hydrogen-bond acceptors (Lipinski definition) is 7. The number of ether oxygens (including phenoxy) is 2. The molecule has 0 unspecified atom stereocenters. The Balaban J connectivity index is 1.57. The van der Waals surface area contributed by atoms with Crippen LogP contribution in [-0.2, 0) is 20.9 Å². The zero-order chi connectivity index (χ0) is 30.4. The summed E-state index contributed by atoms with van der Waals surface area (Å²) >= 11 is 7.22. The second kappa shape index (κ2) is 11.3. The maximum absolute atomic E-state index is 14.4. The van der Waals surface area contributed by atoms with Crippen LogP contribution in [0.25, 0.3) is 5.57 Å². The van der Waals surface area contributed by atoms with Crippen molar-refractivity contribution in [2.24, 2.45) is 4.99 Å². The molecule has 6 rings (SSSR count). The molecule has 1 aromatic heterocycles. The highest BCUT2D eigenvalue weighted by Gasteiger charge is 2.37. The minimum Gasteiger partial charge on any atom is -0.497 e. The van der Waals surface area contributed by atoms with Crippen molar-refractivity contribution in [3.63, 3.8) is 0 Å². The zero-order valence-electron chi connectivity index (χ0n) is 24.0. The lowest BCUT2D eigenvalue weighted by molar-refractivity contribution is -0.143. The van der Waals surface area contributed by atoms with Crippen LogP contribution in [0.4, 0.5) is 5.69 Å². The molecule has 10 heteroatoms. The van der Waals surface area contributed by atoms with Crippen LogP contribution < -0.4 is 24.5 Å². The first-order valence-electron chi connectivity index (χ1n) is 13.7. The van der Waals surface area contributed by atoms with Crippen LogP contribution in [0.5, 0.6) is 5.75 Å². The van der Waals surface area contributed by atoms with E-state index in [4.69, 9.17) is 21.1 Å². The van der Waals surface area contributed by atoms with Crippen LogP contribution in [0.2, 0.25) is 5.02 Å². The number of nitrogens with zero attached hydrogens (tertiary/aromatic N) is 3. The predicted molar refractivity (Wildman–Crippen MR) is 166 cm³/mol. The predicted octanol–water partition coefficient (Wildman–Crippen LogP) is 4.77. The normalized spacial score (nSPS) is 17.1. The molecular formula is C33H28ClN3O5S. The summed E-state index contributed by atoms with van der Waals surface area (Å²) in [7, 11) is 1.56. The summed E-state index contributed by atoms with van der Waals surface area (Å²) in [5, 5.41) is 0.608. The monoisotopic (exact) mass is 613 g/mol. The van der Waals surface area contributed by atoms with Gasteiger partial charge < -0.3 is 14.4 Å². The SMILES string of the molecule is COc1cccc([C@@H]2C(C(=O)OC(C)C)=C(C)N=c3s/c(=C4\C(=O)N(Cc5ccc(Cl)cc5)c5ccccc54)c(=O)n32)c1. The summed E-state index contributed by atoms with van der Waals surface area (Å²) in [6, 6.07) is 21.1. The number of para-hydroxylation sites is 1. The Morgan fingerprint density at radius 2 is 1.79 bits per heavy atom. The lowest BCUT2D eigenvalue weighted by atomic mass is 9.95. The number of carbonyl (C=O) groups excluding carboxylic acids is 2. The van der Waals surface area contributed by atoms with E-state index in [0.29, 0.717) is 50.2 Å². The van der Waals surface area contributed by atoms with Crippen LogP contribution in [-0.4, -0.2) is 29.7 Å². The van der Waals surface area contributed by atoms with Crippen LogP contribution in [0, 0.1) is 0 Å². The van der Waals surface area contributed by atoms with Crippen molar-refractivity contribution in [3.05, 3.63) is 125 Å². The van der Waals surface area contributed by atoms with E-state index in [1.165, 1.54) is 4.57 Å². The van der Waals surface area contributed by atoms with E-state index < -0.39 is 17.6 Å². The van der Waals surface area contributed by atoms with Gasteiger partial charge >= 0.3 is 5.97 Å². The molecule has 2 aliphatic rings. The van der Waals surface area contributed by atoms with E-state index in [9.17, 15) is 14.4 Å². The van der Waals surface area contributed by atoms with Gasteiger partial charge in [0.15, 0.2) is 4.80 Å². The van der Waals surface area contributed by atoms with Crippen molar-refractivity contribution in [2.45, 2.75) is 39.5 Å². The smallest absolute Gasteiger partial charge is 0.338 e. The van der Waals surface area contributed by atoms with Crippen molar-refractivity contribution < 1.29 is 19.1 Å². The van der Waals surface area contributed by atoms with Crippen molar-refractivity contribution in [1.29, 1.82) is 0 Å². The Hall–Kier alpha value is -4.47. The number of allylic oxidation sites excluding steroid dienone is 1. The maximum atomic E-state index is 14.4. The summed E-state index contributed by atoms with van der Waals surface area (Å²) in [4.78, 5) is 48.7. The molecular weight excluding hydrogens is 586 g/mol.